The van der Waals surface area contributed by atoms with Gasteiger partial charge in [0.15, 0.2) is 5.50 Å². The maximum atomic E-state index is 13.2. The number of aromatic nitrogens is 2. The van der Waals surface area contributed by atoms with Gasteiger partial charge in [0, 0.05) is 54.1 Å². The first-order chi connectivity index (χ1) is 23.4. The molecule has 0 saturated carbocycles. The quantitative estimate of drug-likeness (QED) is 0.134. The molecule has 4 aromatic rings. The monoisotopic (exact) mass is 705 g/mol. The second kappa shape index (κ2) is 13.8. The van der Waals surface area contributed by atoms with E-state index in [-0.39, 0.29) is 41.4 Å². The topological polar surface area (TPSA) is 145 Å². The van der Waals surface area contributed by atoms with E-state index in [1.54, 1.807) is 28.0 Å². The number of halogens is 1. The zero-order chi connectivity index (χ0) is 34.9. The van der Waals surface area contributed by atoms with Crippen molar-refractivity contribution in [2.45, 2.75) is 43.1 Å². The Morgan fingerprint density at radius 1 is 1.08 bits per heavy atom. The van der Waals surface area contributed by atoms with Crippen LogP contribution >= 0.6 is 23.4 Å². The number of anilines is 2. The highest BCUT2D eigenvalue weighted by molar-refractivity contribution is 8.00. The number of methoxy groups -OCH3 is 1. The Hall–Kier alpha value is -5.05. The van der Waals surface area contributed by atoms with Crippen LogP contribution in [0.3, 0.4) is 0 Å². The largest absolute Gasteiger partial charge is 0.506 e. The Morgan fingerprint density at radius 3 is 2.61 bits per heavy atom. The van der Waals surface area contributed by atoms with E-state index in [0.717, 1.165) is 21.8 Å². The third-order valence-corrected chi connectivity index (χ3v) is 9.38. The van der Waals surface area contributed by atoms with Crippen LogP contribution in [0.25, 0.3) is 5.69 Å². The number of hydrogen-bond acceptors (Lipinski definition) is 9. The lowest BCUT2D eigenvalue weighted by Gasteiger charge is -2.34. The molecule has 0 bridgehead atoms. The summed E-state index contributed by atoms with van der Waals surface area (Å²) in [4.78, 5) is 28.1. The van der Waals surface area contributed by atoms with E-state index in [1.165, 1.54) is 29.9 Å². The number of amides is 3. The summed E-state index contributed by atoms with van der Waals surface area (Å²) in [6.45, 7) is 6.71. The number of carboxylic acid groups (broad SMARTS) is 1. The smallest absolute Gasteiger partial charge is 0.426 e. The van der Waals surface area contributed by atoms with Crippen molar-refractivity contribution in [3.05, 3.63) is 95.4 Å². The first-order valence-corrected chi connectivity index (χ1v) is 16.6. The van der Waals surface area contributed by atoms with Gasteiger partial charge in [-0.2, -0.15) is 5.10 Å². The summed E-state index contributed by atoms with van der Waals surface area (Å²) in [6.07, 6.45) is 2.52. The second-order valence-electron chi connectivity index (χ2n) is 12.3. The molecule has 0 radical (unpaired) electrons. The standard InChI is InChI=1S/C34H36ClN7O6S/c1-34(2,3)29-19-30(42(38-29)22-9-11-26(43)24(35)17-22)37-31(44)36-20-21-7-5-6-8-27(21)48-23-10-12-28-25(18-23)39-13-14-40(32(39)49-28)41(33(45)46)15-16-47-4/h5-14,17-19,32,43H,15-16,20H2,1-4H3,(H,45,46)(H2,36,37,44). The Balaban J connectivity index is 1.14. The van der Waals surface area contributed by atoms with E-state index < -0.39 is 12.1 Å². The van der Waals surface area contributed by atoms with E-state index in [2.05, 4.69) is 10.6 Å². The van der Waals surface area contributed by atoms with Crippen molar-refractivity contribution in [2.75, 3.05) is 30.5 Å². The summed E-state index contributed by atoms with van der Waals surface area (Å²) in [7, 11) is 1.54. The third kappa shape index (κ3) is 7.21. The predicted octanol–water partition coefficient (Wildman–Crippen LogP) is 7.17. The molecule has 1 aromatic heterocycles. The number of aromatic hydroxyl groups is 1. The number of carbonyl (C=O) groups excluding carboxylic acids is 1. The van der Waals surface area contributed by atoms with Crippen LogP contribution in [0.2, 0.25) is 5.02 Å². The second-order valence-corrected chi connectivity index (χ2v) is 13.8. The molecule has 2 aliphatic rings. The fourth-order valence-electron chi connectivity index (χ4n) is 5.26. The zero-order valence-corrected chi connectivity index (χ0v) is 28.8. The number of fused-ring (bicyclic) bond motifs is 3. The Morgan fingerprint density at radius 2 is 1.88 bits per heavy atom. The summed E-state index contributed by atoms with van der Waals surface area (Å²) in [5.41, 5.74) is 2.39. The SMILES string of the molecule is COCCN(C(=O)O)N1C=CN2c3cc(Oc4ccccc4CNC(=O)Nc4cc(C(C)(C)C)nn4-c4ccc(O)c(Cl)c4)ccc3SC21. The number of phenols is 1. The number of para-hydroxylation sites is 1. The number of benzene rings is 3. The minimum atomic E-state index is -1.06. The molecule has 13 nitrogen and oxygen atoms in total. The average Bonchev–Trinajstić information content (AvgIpc) is 3.77. The molecule has 0 spiro atoms. The molecule has 6 rings (SSSR count). The molecule has 256 valence electrons. The maximum Gasteiger partial charge on any atom is 0.426 e. The minimum Gasteiger partial charge on any atom is -0.506 e. The third-order valence-electron chi connectivity index (χ3n) is 7.83. The molecule has 0 saturated heterocycles. The number of carbonyl (C=O) groups is 2. The molecule has 2 aliphatic heterocycles. The molecule has 1 atom stereocenters. The van der Waals surface area contributed by atoms with E-state index in [4.69, 9.17) is 26.2 Å². The lowest BCUT2D eigenvalue weighted by molar-refractivity contribution is 0.0111. The van der Waals surface area contributed by atoms with Gasteiger partial charge in [0.2, 0.25) is 0 Å². The first kappa shape index (κ1) is 33.8. The van der Waals surface area contributed by atoms with Crippen molar-refractivity contribution >= 4 is 47.0 Å². The summed E-state index contributed by atoms with van der Waals surface area (Å²) in [5, 5.41) is 33.3. The van der Waals surface area contributed by atoms with Crippen molar-refractivity contribution in [3.63, 3.8) is 0 Å². The highest BCUT2D eigenvalue weighted by atomic mass is 35.5. The average molecular weight is 706 g/mol. The van der Waals surface area contributed by atoms with Crippen molar-refractivity contribution in [2.24, 2.45) is 0 Å². The summed E-state index contributed by atoms with van der Waals surface area (Å²) in [5.74, 6) is 1.54. The van der Waals surface area contributed by atoms with Crippen LogP contribution in [0.4, 0.5) is 21.1 Å². The Kier molecular flexibility index (Phi) is 9.54. The van der Waals surface area contributed by atoms with E-state index in [1.807, 2.05) is 80.4 Å². The van der Waals surface area contributed by atoms with Gasteiger partial charge in [0.25, 0.3) is 0 Å². The molecular formula is C34H36ClN7O6S. The van der Waals surface area contributed by atoms with E-state index in [9.17, 15) is 19.8 Å². The van der Waals surface area contributed by atoms with Gasteiger partial charge in [-0.3, -0.25) is 10.3 Å². The molecule has 0 fully saturated rings. The van der Waals surface area contributed by atoms with Gasteiger partial charge >= 0.3 is 12.1 Å². The highest BCUT2D eigenvalue weighted by Gasteiger charge is 2.40. The van der Waals surface area contributed by atoms with Gasteiger partial charge in [-0.15, -0.1) is 0 Å². The van der Waals surface area contributed by atoms with Crippen LogP contribution in [0.5, 0.6) is 17.2 Å². The van der Waals surface area contributed by atoms with Gasteiger partial charge < -0.3 is 29.9 Å². The van der Waals surface area contributed by atoms with Crippen LogP contribution < -0.4 is 20.3 Å². The number of rotatable bonds is 10. The molecule has 4 N–H and O–H groups in total. The Bertz CT molecular complexity index is 1910. The van der Waals surface area contributed by atoms with E-state index >= 15 is 0 Å². The number of urea groups is 1. The molecule has 0 aliphatic carbocycles. The fraction of sp³-hybridized carbons (Fsp3) is 0.265. The van der Waals surface area contributed by atoms with Gasteiger partial charge in [-0.05, 0) is 36.4 Å². The normalized spacial score (nSPS) is 14.8. The fourth-order valence-corrected chi connectivity index (χ4v) is 6.68. The Labute approximate surface area is 292 Å². The summed E-state index contributed by atoms with van der Waals surface area (Å²) < 4.78 is 13.0. The first-order valence-electron chi connectivity index (χ1n) is 15.4. The lowest BCUT2D eigenvalue weighted by Crippen LogP contribution is -2.49. The van der Waals surface area contributed by atoms with Gasteiger partial charge in [0.05, 0.1) is 35.2 Å². The van der Waals surface area contributed by atoms with Crippen LogP contribution in [-0.2, 0) is 16.7 Å². The zero-order valence-electron chi connectivity index (χ0n) is 27.3. The predicted molar refractivity (Wildman–Crippen MR) is 187 cm³/mol. The minimum absolute atomic E-state index is 0.0509. The maximum absolute atomic E-state index is 13.2. The number of hydrogen-bond donors (Lipinski definition) is 4. The van der Waals surface area contributed by atoms with Gasteiger partial charge in [-0.25, -0.2) is 19.3 Å². The number of thioether (sulfide) groups is 1. The van der Waals surface area contributed by atoms with Crippen molar-refractivity contribution in [1.29, 1.82) is 0 Å². The number of phenolic OH excluding ortho intramolecular Hbond substituents is 1. The number of nitrogens with zero attached hydrogens (tertiary/aromatic N) is 5. The number of nitrogens with one attached hydrogen (secondary N) is 2. The molecule has 3 heterocycles. The molecule has 3 amide bonds. The van der Waals surface area contributed by atoms with Crippen molar-refractivity contribution in [1.82, 2.24) is 25.1 Å². The molecular weight excluding hydrogens is 670 g/mol. The van der Waals surface area contributed by atoms with Crippen LogP contribution in [0.1, 0.15) is 32.0 Å². The number of hydrazine groups is 1. The van der Waals surface area contributed by atoms with Crippen molar-refractivity contribution in [3.8, 4) is 22.9 Å². The summed E-state index contributed by atoms with van der Waals surface area (Å²) in [6, 6.07) is 19.2. The van der Waals surface area contributed by atoms with Gasteiger partial charge in [-0.1, -0.05) is 62.3 Å². The summed E-state index contributed by atoms with van der Waals surface area (Å²) >= 11 is 7.70. The van der Waals surface area contributed by atoms with Crippen LogP contribution in [-0.4, -0.2) is 67.9 Å². The van der Waals surface area contributed by atoms with Crippen LogP contribution in [0, 0.1) is 0 Å². The molecule has 49 heavy (non-hydrogen) atoms. The van der Waals surface area contributed by atoms with Crippen LogP contribution in [0.15, 0.2) is 84.0 Å². The van der Waals surface area contributed by atoms with Gasteiger partial charge in [0.1, 0.15) is 23.1 Å². The molecule has 15 heteroatoms. The van der Waals surface area contributed by atoms with Crippen molar-refractivity contribution < 1.29 is 29.3 Å². The lowest BCUT2D eigenvalue weighted by atomic mass is 9.92. The van der Waals surface area contributed by atoms with E-state index in [0.29, 0.717) is 23.0 Å². The molecule has 1 unspecified atom stereocenters. The number of ether oxygens (including phenoxy) is 2. The molecule has 3 aromatic carbocycles. The highest BCUT2D eigenvalue weighted by Crippen LogP contribution is 2.49.